The van der Waals surface area contributed by atoms with Crippen LogP contribution in [-0.4, -0.2) is 16.8 Å². The molecule has 5 nitrogen and oxygen atoms in total. The predicted molar refractivity (Wildman–Crippen MR) is 92.9 cm³/mol. The molecule has 0 atom stereocenters. The summed E-state index contributed by atoms with van der Waals surface area (Å²) in [5.41, 5.74) is -0.0622. The van der Waals surface area contributed by atoms with Crippen LogP contribution in [0.25, 0.3) is 0 Å². The van der Waals surface area contributed by atoms with Crippen molar-refractivity contribution in [3.63, 3.8) is 0 Å². The number of carbonyl (C=O) groups excluding carboxylic acids is 2. The van der Waals surface area contributed by atoms with E-state index in [0.717, 1.165) is 12.1 Å². The molecule has 0 aliphatic heterocycles. The number of hydrogen-bond acceptors (Lipinski definition) is 3. The van der Waals surface area contributed by atoms with Crippen LogP contribution in [0.2, 0.25) is 0 Å². The van der Waals surface area contributed by atoms with Crippen LogP contribution < -0.4 is 10.6 Å². The fourth-order valence-corrected chi connectivity index (χ4v) is 2.19. The van der Waals surface area contributed by atoms with Gasteiger partial charge >= 0.3 is 0 Å². The number of halogens is 3. The van der Waals surface area contributed by atoms with Gasteiger partial charge in [0.25, 0.3) is 11.8 Å². The predicted octanol–water partition coefficient (Wildman–Crippen LogP) is 4.00. The van der Waals surface area contributed by atoms with Gasteiger partial charge in [0.15, 0.2) is 0 Å². The van der Waals surface area contributed by atoms with E-state index in [1.807, 2.05) is 0 Å². The van der Waals surface area contributed by atoms with Crippen LogP contribution in [-0.2, 0) is 0 Å². The Labute approximate surface area is 151 Å². The summed E-state index contributed by atoms with van der Waals surface area (Å²) >= 11 is 0. The lowest BCUT2D eigenvalue weighted by Gasteiger charge is -2.08. The van der Waals surface area contributed by atoms with Crippen molar-refractivity contribution in [2.24, 2.45) is 0 Å². The van der Waals surface area contributed by atoms with Crippen LogP contribution in [0.1, 0.15) is 21.0 Å². The highest BCUT2D eigenvalue weighted by Crippen LogP contribution is 2.16. The lowest BCUT2D eigenvalue weighted by Crippen LogP contribution is -2.19. The van der Waals surface area contributed by atoms with E-state index in [2.05, 4.69) is 15.6 Å². The zero-order chi connectivity index (χ0) is 19.4. The van der Waals surface area contributed by atoms with Gasteiger partial charge < -0.3 is 10.6 Å². The van der Waals surface area contributed by atoms with Crippen LogP contribution in [0.5, 0.6) is 0 Å². The summed E-state index contributed by atoms with van der Waals surface area (Å²) in [6.45, 7) is 0. The molecule has 27 heavy (non-hydrogen) atoms. The van der Waals surface area contributed by atoms with Crippen molar-refractivity contribution in [1.29, 1.82) is 0 Å². The molecule has 0 unspecified atom stereocenters. The van der Waals surface area contributed by atoms with Gasteiger partial charge in [-0.3, -0.25) is 9.59 Å². The molecule has 0 saturated heterocycles. The molecule has 1 aromatic heterocycles. The molecule has 136 valence electrons. The Balaban J connectivity index is 1.75. The van der Waals surface area contributed by atoms with Gasteiger partial charge in [0.1, 0.15) is 28.8 Å². The molecule has 8 heteroatoms. The molecule has 0 bridgehead atoms. The molecule has 1 heterocycles. The Hall–Kier alpha value is -3.68. The normalized spacial score (nSPS) is 10.3. The summed E-state index contributed by atoms with van der Waals surface area (Å²) in [6, 6.07) is 12.0. The molecule has 0 fully saturated rings. The summed E-state index contributed by atoms with van der Waals surface area (Å²) in [5.74, 6) is -3.53. The number of rotatable bonds is 4. The molecule has 3 aromatic rings. The molecular formula is C19H12F3N3O2. The Bertz CT molecular complexity index is 1010. The quantitative estimate of drug-likeness (QED) is 0.728. The first-order chi connectivity index (χ1) is 12.9. The minimum absolute atomic E-state index is 0.0634. The highest BCUT2D eigenvalue weighted by Gasteiger charge is 2.14. The van der Waals surface area contributed by atoms with Gasteiger partial charge in [-0.05, 0) is 48.5 Å². The van der Waals surface area contributed by atoms with E-state index in [0.29, 0.717) is 11.8 Å². The Morgan fingerprint density at radius 3 is 1.96 bits per heavy atom. The molecule has 0 aliphatic rings. The van der Waals surface area contributed by atoms with Crippen molar-refractivity contribution in [3.05, 3.63) is 89.5 Å². The van der Waals surface area contributed by atoms with E-state index >= 15 is 0 Å². The maximum atomic E-state index is 13.6. The zero-order valence-corrected chi connectivity index (χ0v) is 13.7. The number of hydrogen-bond donors (Lipinski definition) is 2. The van der Waals surface area contributed by atoms with E-state index in [1.165, 1.54) is 42.5 Å². The summed E-state index contributed by atoms with van der Waals surface area (Å²) in [5, 5.41) is 4.77. The molecule has 3 rings (SSSR count). The number of pyridine rings is 1. The molecule has 0 saturated carbocycles. The minimum atomic E-state index is -0.937. The van der Waals surface area contributed by atoms with Crippen LogP contribution in [0.15, 0.2) is 60.7 Å². The molecule has 2 amide bonds. The van der Waals surface area contributed by atoms with Gasteiger partial charge in [-0.25, -0.2) is 18.2 Å². The maximum Gasteiger partial charge on any atom is 0.274 e. The lowest BCUT2D eigenvalue weighted by molar-refractivity contribution is 0.101. The van der Waals surface area contributed by atoms with E-state index in [1.54, 1.807) is 0 Å². The van der Waals surface area contributed by atoms with Crippen LogP contribution in [0.3, 0.4) is 0 Å². The first-order valence-corrected chi connectivity index (χ1v) is 7.73. The first-order valence-electron chi connectivity index (χ1n) is 7.73. The van der Waals surface area contributed by atoms with Gasteiger partial charge in [0, 0.05) is 11.8 Å². The summed E-state index contributed by atoms with van der Waals surface area (Å²) < 4.78 is 39.5. The van der Waals surface area contributed by atoms with E-state index < -0.39 is 29.3 Å². The highest BCUT2D eigenvalue weighted by atomic mass is 19.1. The van der Waals surface area contributed by atoms with Crippen molar-refractivity contribution in [2.75, 3.05) is 10.6 Å². The number of carbonyl (C=O) groups is 2. The Morgan fingerprint density at radius 2 is 1.33 bits per heavy atom. The summed E-state index contributed by atoms with van der Waals surface area (Å²) in [4.78, 5) is 28.4. The smallest absolute Gasteiger partial charge is 0.274 e. The van der Waals surface area contributed by atoms with Crippen molar-refractivity contribution < 1.29 is 22.8 Å². The molecule has 0 aliphatic carbocycles. The standard InChI is InChI=1S/C19H12F3N3O2/c20-11-4-7-13(8-5-11)23-18(26)16-2-1-3-17(24-16)19(27)25-15-9-6-12(21)10-14(15)22/h1-10H,(H,23,26)(H,25,27). The third kappa shape index (κ3) is 4.49. The van der Waals surface area contributed by atoms with Crippen molar-refractivity contribution in [1.82, 2.24) is 4.98 Å². The maximum absolute atomic E-state index is 13.6. The second-order valence-corrected chi connectivity index (χ2v) is 5.45. The average molecular weight is 371 g/mol. The van der Waals surface area contributed by atoms with Gasteiger partial charge in [-0.1, -0.05) is 6.07 Å². The van der Waals surface area contributed by atoms with E-state index in [-0.39, 0.29) is 17.1 Å². The van der Waals surface area contributed by atoms with Gasteiger partial charge in [0.05, 0.1) is 5.69 Å². The van der Waals surface area contributed by atoms with E-state index in [4.69, 9.17) is 0 Å². The highest BCUT2D eigenvalue weighted by molar-refractivity contribution is 6.06. The SMILES string of the molecule is O=C(Nc1ccc(F)cc1)c1cccc(C(=O)Nc2ccc(F)cc2F)n1. The topological polar surface area (TPSA) is 71.1 Å². The lowest BCUT2D eigenvalue weighted by atomic mass is 10.2. The number of nitrogens with one attached hydrogen (secondary N) is 2. The third-order valence-electron chi connectivity index (χ3n) is 3.50. The Morgan fingerprint density at radius 1 is 0.741 bits per heavy atom. The second-order valence-electron chi connectivity index (χ2n) is 5.45. The fraction of sp³-hybridized carbons (Fsp3) is 0. The van der Waals surface area contributed by atoms with Crippen LogP contribution >= 0.6 is 0 Å². The number of anilines is 2. The molecule has 2 aromatic carbocycles. The molecular weight excluding hydrogens is 359 g/mol. The fourth-order valence-electron chi connectivity index (χ4n) is 2.19. The Kier molecular flexibility index (Phi) is 5.16. The molecule has 2 N–H and O–H groups in total. The minimum Gasteiger partial charge on any atom is -0.321 e. The van der Waals surface area contributed by atoms with Gasteiger partial charge in [0.2, 0.25) is 0 Å². The van der Waals surface area contributed by atoms with Crippen molar-refractivity contribution >= 4 is 23.2 Å². The van der Waals surface area contributed by atoms with Crippen LogP contribution in [0, 0.1) is 17.5 Å². The number of amides is 2. The largest absolute Gasteiger partial charge is 0.321 e. The van der Waals surface area contributed by atoms with E-state index in [9.17, 15) is 22.8 Å². The number of nitrogens with zero attached hydrogens (tertiary/aromatic N) is 1. The summed E-state index contributed by atoms with van der Waals surface area (Å²) in [7, 11) is 0. The number of aromatic nitrogens is 1. The first kappa shape index (κ1) is 18.1. The summed E-state index contributed by atoms with van der Waals surface area (Å²) in [6.07, 6.45) is 0. The van der Waals surface area contributed by atoms with Crippen LogP contribution in [0.4, 0.5) is 24.5 Å². The molecule has 0 radical (unpaired) electrons. The number of benzene rings is 2. The van der Waals surface area contributed by atoms with Crippen molar-refractivity contribution in [3.8, 4) is 0 Å². The third-order valence-corrected chi connectivity index (χ3v) is 3.50. The monoisotopic (exact) mass is 371 g/mol. The molecule has 0 spiro atoms. The van der Waals surface area contributed by atoms with Crippen molar-refractivity contribution in [2.45, 2.75) is 0 Å². The zero-order valence-electron chi connectivity index (χ0n) is 13.7. The average Bonchev–Trinajstić information content (AvgIpc) is 2.66. The second kappa shape index (κ2) is 7.69. The van der Waals surface area contributed by atoms with Gasteiger partial charge in [-0.15, -0.1) is 0 Å². The van der Waals surface area contributed by atoms with Gasteiger partial charge in [-0.2, -0.15) is 0 Å².